The van der Waals surface area contributed by atoms with Gasteiger partial charge in [-0.05, 0) is 83.6 Å². The van der Waals surface area contributed by atoms with Crippen molar-refractivity contribution >= 4 is 19.1 Å². The van der Waals surface area contributed by atoms with Crippen molar-refractivity contribution < 1.29 is 24.1 Å². The lowest BCUT2D eigenvalue weighted by atomic mass is 9.72. The van der Waals surface area contributed by atoms with Crippen molar-refractivity contribution in [3.8, 4) is 5.75 Å². The predicted molar refractivity (Wildman–Crippen MR) is 131 cm³/mol. The number of hydrogen-bond donors (Lipinski definition) is 2. The average molecular weight is 460 g/mol. The summed E-state index contributed by atoms with van der Waals surface area (Å²) in [6.45, 7) is 14.7. The van der Waals surface area contributed by atoms with Crippen molar-refractivity contribution in [3.63, 3.8) is 0 Å². The molecule has 1 aliphatic heterocycles. The number of carbonyl (C=O) groups excluding carboxylic acids is 2. The van der Waals surface area contributed by atoms with E-state index in [0.29, 0.717) is 5.75 Å². The summed E-state index contributed by atoms with van der Waals surface area (Å²) in [7, 11) is -0.500. The molecule has 2 N–H and O–H groups in total. The first-order chi connectivity index (χ1) is 15.4. The number of nitrogens with zero attached hydrogens (tertiary/aromatic N) is 1. The molecule has 1 saturated heterocycles. The lowest BCUT2D eigenvalue weighted by Gasteiger charge is -2.37. The highest BCUT2D eigenvalue weighted by molar-refractivity contribution is 6.45. The summed E-state index contributed by atoms with van der Waals surface area (Å²) in [5.41, 5.74) is 0.327. The highest BCUT2D eigenvalue weighted by Gasteiger charge is 2.36. The second kappa shape index (κ2) is 11.4. The zero-order chi connectivity index (χ0) is 24.8. The van der Waals surface area contributed by atoms with Crippen molar-refractivity contribution in [1.29, 1.82) is 0 Å². The summed E-state index contributed by atoms with van der Waals surface area (Å²) >= 11 is 0. The number of ether oxygens (including phenoxy) is 2. The fourth-order valence-corrected chi connectivity index (χ4v) is 4.39. The van der Waals surface area contributed by atoms with Gasteiger partial charge in [-0.25, -0.2) is 9.59 Å². The second-order valence-electron chi connectivity index (χ2n) is 10.5. The molecule has 1 unspecified atom stereocenters. The third-order valence-corrected chi connectivity index (χ3v) is 6.32. The SMILES string of the molecule is CCC1(c2cccc(OC(=O)N[C@H](C(=O)OC(C)(C)C)C(C)C)c2)CCCCN(B(C)O)C1. The normalized spacial score (nSPS) is 20.6. The van der Waals surface area contributed by atoms with Gasteiger partial charge in [0.05, 0.1) is 0 Å². The molecule has 0 aromatic heterocycles. The maximum Gasteiger partial charge on any atom is 0.413 e. The van der Waals surface area contributed by atoms with E-state index < -0.39 is 30.8 Å². The summed E-state index contributed by atoms with van der Waals surface area (Å²) in [5, 5.41) is 12.9. The maximum atomic E-state index is 12.6. The van der Waals surface area contributed by atoms with Crippen LogP contribution in [0, 0.1) is 5.92 Å². The zero-order valence-electron chi connectivity index (χ0n) is 21.3. The van der Waals surface area contributed by atoms with Crippen LogP contribution in [0.1, 0.15) is 72.8 Å². The first-order valence-corrected chi connectivity index (χ1v) is 12.1. The number of benzene rings is 1. The van der Waals surface area contributed by atoms with Crippen LogP contribution in [0.2, 0.25) is 6.82 Å². The van der Waals surface area contributed by atoms with Crippen molar-refractivity contribution in [3.05, 3.63) is 29.8 Å². The average Bonchev–Trinajstić information content (AvgIpc) is 2.94. The predicted octanol–water partition coefficient (Wildman–Crippen LogP) is 4.39. The Balaban J connectivity index is 2.17. The van der Waals surface area contributed by atoms with Crippen molar-refractivity contribution in [2.45, 2.75) is 91.1 Å². The third kappa shape index (κ3) is 7.75. The molecule has 1 aromatic carbocycles. The number of nitrogens with one attached hydrogen (secondary N) is 1. The molecule has 1 aliphatic rings. The van der Waals surface area contributed by atoms with Gasteiger partial charge in [-0.2, -0.15) is 0 Å². The third-order valence-electron chi connectivity index (χ3n) is 6.32. The van der Waals surface area contributed by atoms with Gasteiger partial charge in [0, 0.05) is 5.41 Å². The first-order valence-electron chi connectivity index (χ1n) is 12.1. The minimum absolute atomic E-state index is 0.125. The van der Waals surface area contributed by atoms with Gasteiger partial charge in [0.15, 0.2) is 0 Å². The topological polar surface area (TPSA) is 88.1 Å². The van der Waals surface area contributed by atoms with Crippen LogP contribution in [-0.2, 0) is 14.9 Å². The molecule has 1 fully saturated rings. The lowest BCUT2D eigenvalue weighted by molar-refractivity contribution is -0.158. The van der Waals surface area contributed by atoms with Crippen LogP contribution in [0.25, 0.3) is 0 Å². The molecule has 0 bridgehead atoms. The Morgan fingerprint density at radius 1 is 1.27 bits per heavy atom. The van der Waals surface area contributed by atoms with E-state index in [2.05, 4.69) is 23.1 Å². The number of rotatable bonds is 7. The summed E-state index contributed by atoms with van der Waals surface area (Å²) in [6.07, 6.45) is 3.37. The molecule has 2 rings (SSSR count). The fourth-order valence-electron chi connectivity index (χ4n) is 4.39. The zero-order valence-corrected chi connectivity index (χ0v) is 21.3. The van der Waals surface area contributed by atoms with E-state index in [9.17, 15) is 14.6 Å². The van der Waals surface area contributed by atoms with E-state index in [1.807, 2.05) is 32.8 Å². The number of carbonyl (C=O) groups is 2. The van der Waals surface area contributed by atoms with Gasteiger partial charge in [-0.3, -0.25) is 0 Å². The Kier molecular flexibility index (Phi) is 9.38. The molecule has 184 valence electrons. The van der Waals surface area contributed by atoms with Crippen LogP contribution >= 0.6 is 0 Å². The molecule has 0 radical (unpaired) electrons. The summed E-state index contributed by atoms with van der Waals surface area (Å²) in [5.74, 6) is -0.207. The Bertz CT molecular complexity index is 808. The van der Waals surface area contributed by atoms with E-state index >= 15 is 0 Å². The minimum Gasteiger partial charge on any atom is -0.458 e. The van der Waals surface area contributed by atoms with E-state index in [0.717, 1.165) is 44.3 Å². The molecule has 0 spiro atoms. The lowest BCUT2D eigenvalue weighted by Crippen LogP contribution is -2.48. The molecule has 1 heterocycles. The summed E-state index contributed by atoms with van der Waals surface area (Å²) in [6, 6.07) is 6.81. The van der Waals surface area contributed by atoms with Gasteiger partial charge in [-0.15, -0.1) is 0 Å². The van der Waals surface area contributed by atoms with Crippen LogP contribution in [0.3, 0.4) is 0 Å². The molecule has 1 aromatic rings. The number of amides is 1. The monoisotopic (exact) mass is 460 g/mol. The van der Waals surface area contributed by atoms with Crippen LogP contribution in [-0.4, -0.2) is 53.7 Å². The fraction of sp³-hybridized carbons (Fsp3) is 0.680. The molecule has 1 amide bonds. The molecule has 0 aliphatic carbocycles. The molecule has 8 heteroatoms. The van der Waals surface area contributed by atoms with E-state index in [1.165, 1.54) is 0 Å². The van der Waals surface area contributed by atoms with Crippen LogP contribution in [0.4, 0.5) is 4.79 Å². The van der Waals surface area contributed by atoms with E-state index in [4.69, 9.17) is 9.47 Å². The van der Waals surface area contributed by atoms with E-state index in [1.54, 1.807) is 26.8 Å². The Morgan fingerprint density at radius 2 is 1.97 bits per heavy atom. The smallest absolute Gasteiger partial charge is 0.413 e. The molecule has 0 saturated carbocycles. The van der Waals surface area contributed by atoms with Crippen molar-refractivity contribution in [2.24, 2.45) is 5.92 Å². The summed E-state index contributed by atoms with van der Waals surface area (Å²) in [4.78, 5) is 27.3. The Morgan fingerprint density at radius 3 is 2.55 bits per heavy atom. The van der Waals surface area contributed by atoms with Gasteiger partial charge in [0.1, 0.15) is 17.4 Å². The van der Waals surface area contributed by atoms with Gasteiger partial charge in [0.2, 0.25) is 0 Å². The highest BCUT2D eigenvalue weighted by Crippen LogP contribution is 2.38. The van der Waals surface area contributed by atoms with Gasteiger partial charge >= 0.3 is 19.1 Å². The van der Waals surface area contributed by atoms with Crippen LogP contribution in [0.5, 0.6) is 5.75 Å². The quantitative estimate of drug-likeness (QED) is 0.464. The standard InChI is InChI=1S/C25H41BN2O5/c1-8-25(14-9-10-15-28(17-25)26(7)31)19-12-11-13-20(16-19)32-23(30)27-21(18(2)3)22(29)33-24(4,5)6/h11-13,16,18,21,31H,8-10,14-15,17H2,1-7H3,(H,27,30)/t21-,25?/m0/s1. The second-order valence-corrected chi connectivity index (χ2v) is 10.5. The molecular weight excluding hydrogens is 419 g/mol. The molecule has 7 nitrogen and oxygen atoms in total. The Labute approximate surface area is 199 Å². The number of hydrogen-bond acceptors (Lipinski definition) is 6. The largest absolute Gasteiger partial charge is 0.458 e. The summed E-state index contributed by atoms with van der Waals surface area (Å²) < 4.78 is 11.0. The van der Waals surface area contributed by atoms with Crippen molar-refractivity contribution in [1.82, 2.24) is 10.1 Å². The Hall–Kier alpha value is -2.06. The molecule has 33 heavy (non-hydrogen) atoms. The maximum absolute atomic E-state index is 12.6. The molecule has 2 atom stereocenters. The van der Waals surface area contributed by atoms with Gasteiger partial charge < -0.3 is 24.6 Å². The van der Waals surface area contributed by atoms with Crippen LogP contribution in [0.15, 0.2) is 24.3 Å². The van der Waals surface area contributed by atoms with Gasteiger partial charge in [0.25, 0.3) is 0 Å². The van der Waals surface area contributed by atoms with Crippen molar-refractivity contribution in [2.75, 3.05) is 13.1 Å². The minimum atomic E-state index is -0.802. The number of esters is 1. The van der Waals surface area contributed by atoms with Crippen LogP contribution < -0.4 is 10.1 Å². The van der Waals surface area contributed by atoms with E-state index in [-0.39, 0.29) is 11.3 Å². The molecular formula is C25H41BN2O5. The highest BCUT2D eigenvalue weighted by atomic mass is 16.6. The van der Waals surface area contributed by atoms with Gasteiger partial charge in [-0.1, -0.05) is 39.3 Å². The first kappa shape index (κ1) is 27.2.